The van der Waals surface area contributed by atoms with E-state index in [9.17, 15) is 0 Å². The number of nitrogens with zero attached hydrogens (tertiary/aromatic N) is 3. The highest BCUT2D eigenvalue weighted by molar-refractivity contribution is 4.89. The quantitative estimate of drug-likeness (QED) is 0.514. The molecule has 0 N–H and O–H groups in total. The van der Waals surface area contributed by atoms with Crippen LogP contribution in [0.5, 0.6) is 0 Å². The number of likely N-dealkylation sites (tertiary alicyclic amines) is 2. The molecule has 0 radical (unpaired) electrons. The van der Waals surface area contributed by atoms with E-state index >= 15 is 0 Å². The summed E-state index contributed by atoms with van der Waals surface area (Å²) in [5.41, 5.74) is 0. The Labute approximate surface area is 79.9 Å². The molecule has 0 unspecified atom stereocenters. The highest BCUT2D eigenvalue weighted by Gasteiger charge is 2.32. The van der Waals surface area contributed by atoms with E-state index in [-0.39, 0.29) is 0 Å². The third-order valence-corrected chi connectivity index (χ3v) is 3.46. The van der Waals surface area contributed by atoms with Crippen molar-refractivity contribution in [3.05, 3.63) is 0 Å². The maximum Gasteiger partial charge on any atom is 0.179 e. The summed E-state index contributed by atoms with van der Waals surface area (Å²) in [5, 5.41) is 8.81. The highest BCUT2D eigenvalue weighted by Crippen LogP contribution is 2.30. The van der Waals surface area contributed by atoms with Gasteiger partial charge in [-0.3, -0.25) is 0 Å². The number of rotatable bonds is 0. The molecule has 2 atom stereocenters. The van der Waals surface area contributed by atoms with Crippen LogP contribution in [0, 0.1) is 23.3 Å². The Morgan fingerprint density at radius 2 is 1.92 bits per heavy atom. The van der Waals surface area contributed by atoms with Gasteiger partial charge in [0.15, 0.2) is 6.19 Å². The van der Waals surface area contributed by atoms with Gasteiger partial charge in [0.2, 0.25) is 0 Å². The average Bonchev–Trinajstić information content (AvgIpc) is 2.16. The molecule has 3 heteroatoms. The Morgan fingerprint density at radius 3 is 2.69 bits per heavy atom. The zero-order chi connectivity index (χ0) is 9.26. The average molecular weight is 179 g/mol. The monoisotopic (exact) mass is 179 g/mol. The topological polar surface area (TPSA) is 30.3 Å². The van der Waals surface area contributed by atoms with Gasteiger partial charge in [0.1, 0.15) is 0 Å². The lowest BCUT2D eigenvalue weighted by molar-refractivity contribution is 0.0762. The largest absolute Gasteiger partial charge is 0.310 e. The standard InChI is InChI=1S/C10H17N3/c1-12-4-2-9-3-5-13(8-11)7-10(9)6-12/h9-10H,2-7H2,1H3/t9-,10+/m0/s1. The van der Waals surface area contributed by atoms with Crippen LogP contribution in [0.4, 0.5) is 0 Å². The molecule has 0 saturated carbocycles. The van der Waals surface area contributed by atoms with Crippen molar-refractivity contribution in [2.45, 2.75) is 12.8 Å². The fraction of sp³-hybridized carbons (Fsp3) is 0.900. The molecular formula is C10H17N3. The lowest BCUT2D eigenvalue weighted by Crippen LogP contribution is -2.47. The molecule has 13 heavy (non-hydrogen) atoms. The summed E-state index contributed by atoms with van der Waals surface area (Å²) in [4.78, 5) is 4.31. The van der Waals surface area contributed by atoms with Crippen LogP contribution in [-0.2, 0) is 0 Å². The van der Waals surface area contributed by atoms with E-state index in [2.05, 4.69) is 18.1 Å². The molecule has 0 aromatic heterocycles. The van der Waals surface area contributed by atoms with Crippen molar-refractivity contribution < 1.29 is 0 Å². The minimum atomic E-state index is 0.743. The van der Waals surface area contributed by atoms with Gasteiger partial charge in [0.05, 0.1) is 0 Å². The first-order valence-electron chi connectivity index (χ1n) is 5.13. The zero-order valence-corrected chi connectivity index (χ0v) is 8.24. The molecule has 0 spiro atoms. The Morgan fingerprint density at radius 1 is 1.15 bits per heavy atom. The molecular weight excluding hydrogens is 162 g/mol. The fourth-order valence-electron chi connectivity index (χ4n) is 2.64. The van der Waals surface area contributed by atoms with Crippen molar-refractivity contribution in [1.82, 2.24) is 9.80 Å². The summed E-state index contributed by atoms with van der Waals surface area (Å²) in [5.74, 6) is 1.63. The lowest BCUT2D eigenvalue weighted by atomic mass is 9.80. The van der Waals surface area contributed by atoms with Crippen molar-refractivity contribution in [2.75, 3.05) is 33.2 Å². The Bertz CT molecular complexity index is 221. The van der Waals surface area contributed by atoms with Gasteiger partial charge in [-0.25, -0.2) is 0 Å². The molecule has 0 bridgehead atoms. The molecule has 0 aliphatic carbocycles. The van der Waals surface area contributed by atoms with Gasteiger partial charge in [-0.15, -0.1) is 0 Å². The molecule has 72 valence electrons. The summed E-state index contributed by atoms with van der Waals surface area (Å²) in [7, 11) is 2.18. The first-order valence-corrected chi connectivity index (χ1v) is 5.13. The summed E-state index contributed by atoms with van der Waals surface area (Å²) < 4.78 is 0. The molecule has 3 nitrogen and oxygen atoms in total. The lowest BCUT2D eigenvalue weighted by Gasteiger charge is -2.42. The van der Waals surface area contributed by atoms with E-state index in [4.69, 9.17) is 5.26 Å². The zero-order valence-electron chi connectivity index (χ0n) is 8.24. The fourth-order valence-corrected chi connectivity index (χ4v) is 2.64. The van der Waals surface area contributed by atoms with Gasteiger partial charge in [0.25, 0.3) is 0 Å². The van der Waals surface area contributed by atoms with E-state index in [0.717, 1.165) is 24.9 Å². The number of fused-ring (bicyclic) bond motifs is 1. The number of hydrogen-bond donors (Lipinski definition) is 0. The summed E-state index contributed by atoms with van der Waals surface area (Å²) in [6.45, 7) is 4.41. The van der Waals surface area contributed by atoms with Crippen LogP contribution in [0.25, 0.3) is 0 Å². The predicted octanol–water partition coefficient (Wildman–Crippen LogP) is 0.741. The van der Waals surface area contributed by atoms with Crippen LogP contribution in [0.3, 0.4) is 0 Å². The van der Waals surface area contributed by atoms with Crippen LogP contribution in [0.2, 0.25) is 0 Å². The molecule has 0 amide bonds. The van der Waals surface area contributed by atoms with E-state index in [1.165, 1.54) is 25.9 Å². The normalized spacial score (nSPS) is 35.2. The van der Waals surface area contributed by atoms with Gasteiger partial charge >= 0.3 is 0 Å². The van der Waals surface area contributed by atoms with Crippen molar-refractivity contribution in [1.29, 1.82) is 5.26 Å². The van der Waals surface area contributed by atoms with Crippen molar-refractivity contribution in [3.8, 4) is 6.19 Å². The molecule has 2 heterocycles. The van der Waals surface area contributed by atoms with Gasteiger partial charge in [-0.1, -0.05) is 0 Å². The molecule has 2 saturated heterocycles. The smallest absolute Gasteiger partial charge is 0.179 e. The molecule has 2 aliphatic heterocycles. The second-order valence-corrected chi connectivity index (χ2v) is 4.41. The second kappa shape index (κ2) is 3.55. The van der Waals surface area contributed by atoms with E-state index < -0.39 is 0 Å². The maximum absolute atomic E-state index is 8.81. The van der Waals surface area contributed by atoms with Crippen LogP contribution in [0.15, 0.2) is 0 Å². The van der Waals surface area contributed by atoms with Crippen molar-refractivity contribution >= 4 is 0 Å². The SMILES string of the molecule is CN1CC[C@H]2CCN(C#N)C[C@H]2C1. The molecule has 2 aliphatic rings. The van der Waals surface area contributed by atoms with Crippen molar-refractivity contribution in [3.63, 3.8) is 0 Å². The highest BCUT2D eigenvalue weighted by atomic mass is 15.2. The minimum Gasteiger partial charge on any atom is -0.310 e. The molecule has 0 aromatic rings. The Balaban J connectivity index is 1.96. The van der Waals surface area contributed by atoms with Gasteiger partial charge < -0.3 is 9.80 Å². The third-order valence-electron chi connectivity index (χ3n) is 3.46. The summed E-state index contributed by atoms with van der Waals surface area (Å²) in [6, 6.07) is 0. The maximum atomic E-state index is 8.81. The van der Waals surface area contributed by atoms with Gasteiger partial charge in [0, 0.05) is 19.6 Å². The number of hydrogen-bond acceptors (Lipinski definition) is 3. The summed E-state index contributed by atoms with van der Waals surface area (Å²) >= 11 is 0. The number of piperidine rings is 2. The Hall–Kier alpha value is -0.750. The predicted molar refractivity (Wildman–Crippen MR) is 50.9 cm³/mol. The van der Waals surface area contributed by atoms with Crippen LogP contribution >= 0.6 is 0 Å². The second-order valence-electron chi connectivity index (χ2n) is 4.41. The van der Waals surface area contributed by atoms with Crippen LogP contribution in [0.1, 0.15) is 12.8 Å². The van der Waals surface area contributed by atoms with Crippen LogP contribution in [-0.4, -0.2) is 43.0 Å². The molecule has 2 rings (SSSR count). The molecule has 0 aromatic carbocycles. The summed E-state index contributed by atoms with van der Waals surface area (Å²) in [6.07, 6.45) is 4.83. The third kappa shape index (κ3) is 1.78. The molecule has 2 fully saturated rings. The Kier molecular flexibility index (Phi) is 2.41. The van der Waals surface area contributed by atoms with Crippen LogP contribution < -0.4 is 0 Å². The van der Waals surface area contributed by atoms with E-state index in [1.54, 1.807) is 0 Å². The first-order chi connectivity index (χ1) is 6.29. The number of nitriles is 1. The van der Waals surface area contributed by atoms with Gasteiger partial charge in [-0.2, -0.15) is 5.26 Å². The van der Waals surface area contributed by atoms with Gasteiger partial charge in [-0.05, 0) is 38.3 Å². The first kappa shape index (κ1) is 8.83. The van der Waals surface area contributed by atoms with E-state index in [0.29, 0.717) is 0 Å². The minimum absolute atomic E-state index is 0.743. The van der Waals surface area contributed by atoms with E-state index in [1.807, 2.05) is 4.90 Å². The van der Waals surface area contributed by atoms with Crippen molar-refractivity contribution in [2.24, 2.45) is 11.8 Å².